The van der Waals surface area contributed by atoms with Crippen LogP contribution in [0.15, 0.2) is 12.2 Å². The number of Topliss-reactive ketones (excluding diaryl/α,β-unsaturated/α-hetero) is 2. The van der Waals surface area contributed by atoms with Crippen LogP contribution < -0.4 is 0 Å². The molecule has 0 aliphatic heterocycles. The molecule has 0 heterocycles. The summed E-state index contributed by atoms with van der Waals surface area (Å²) in [6.07, 6.45) is 50.3. The highest BCUT2D eigenvalue weighted by Gasteiger charge is 2.52. The van der Waals surface area contributed by atoms with Crippen LogP contribution in [0.2, 0.25) is 0 Å². The predicted octanol–water partition coefficient (Wildman–Crippen LogP) is 16.6. The summed E-state index contributed by atoms with van der Waals surface area (Å²) in [5.41, 5.74) is 0. The number of ketones is 2. The van der Waals surface area contributed by atoms with Crippen LogP contribution in [0, 0.1) is 0 Å². The summed E-state index contributed by atoms with van der Waals surface area (Å²) in [6, 6.07) is 0. The molecule has 0 aliphatic carbocycles. The summed E-state index contributed by atoms with van der Waals surface area (Å²) in [6.45, 7) is 6.76. The number of carbonyl (C=O) groups is 3. The fourth-order valence-corrected chi connectivity index (χ4v) is 8.91. The Balaban J connectivity index is 4.74. The molecular formula is C57H108O7. The summed E-state index contributed by atoms with van der Waals surface area (Å²) in [7, 11) is 0. The Kier molecular flexibility index (Phi) is 46.7. The van der Waals surface area contributed by atoms with Gasteiger partial charge in [-0.25, -0.2) is 0 Å². The third-order valence-corrected chi connectivity index (χ3v) is 13.4. The summed E-state index contributed by atoms with van der Waals surface area (Å²) in [4.78, 5) is 39.5. The zero-order chi connectivity index (χ0) is 47.0. The van der Waals surface area contributed by atoms with Gasteiger partial charge in [0.1, 0.15) is 0 Å². The van der Waals surface area contributed by atoms with E-state index in [0.29, 0.717) is 19.3 Å². The first-order valence-corrected chi connectivity index (χ1v) is 28.2. The van der Waals surface area contributed by atoms with Crippen molar-refractivity contribution in [3.63, 3.8) is 0 Å². The molecule has 0 aliphatic rings. The summed E-state index contributed by atoms with van der Waals surface area (Å²) < 4.78 is 5.35. The lowest BCUT2D eigenvalue weighted by Gasteiger charge is -2.34. The van der Waals surface area contributed by atoms with E-state index < -0.39 is 35.5 Å². The van der Waals surface area contributed by atoms with Crippen molar-refractivity contribution in [3.8, 4) is 0 Å². The van der Waals surface area contributed by atoms with Crippen molar-refractivity contribution in [2.75, 3.05) is 0 Å². The molecule has 0 spiro atoms. The first kappa shape index (κ1) is 62.4. The third-order valence-electron chi connectivity index (χ3n) is 13.4. The fraction of sp³-hybridized carbons (Fsp3) is 0.912. The minimum absolute atomic E-state index is 0.0204. The van der Waals surface area contributed by atoms with Crippen LogP contribution in [-0.4, -0.2) is 50.9 Å². The molecule has 0 fully saturated rings. The monoisotopic (exact) mass is 905 g/mol. The van der Waals surface area contributed by atoms with E-state index >= 15 is 0 Å². The molecule has 7 heteroatoms. The highest BCUT2D eigenvalue weighted by Crippen LogP contribution is 2.26. The quantitative estimate of drug-likeness (QED) is 0.0241. The fourth-order valence-electron chi connectivity index (χ4n) is 8.91. The van der Waals surface area contributed by atoms with Crippen LogP contribution in [0.1, 0.15) is 316 Å². The minimum atomic E-state index is -3.00. The molecular weight excluding hydrogens is 797 g/mol. The van der Waals surface area contributed by atoms with Gasteiger partial charge in [0, 0.05) is 19.3 Å². The van der Waals surface area contributed by atoms with Gasteiger partial charge in [-0.2, -0.15) is 0 Å². The maximum atomic E-state index is 13.2. The second kappa shape index (κ2) is 47.9. The van der Waals surface area contributed by atoms with E-state index in [1.54, 1.807) is 0 Å². The highest BCUT2D eigenvalue weighted by atomic mass is 16.7. The molecule has 0 aromatic rings. The first-order chi connectivity index (χ1) is 31.2. The SMILES string of the molecule is CCCCCCCC/C=C\CCCCCCCC(=O)OC(O)(C(O)C(=O)CCCCCCCCCCCCCCCCC)C(O)C(=O)CCCCCCCCCCCCCCCCC. The van der Waals surface area contributed by atoms with Crippen LogP contribution in [0.3, 0.4) is 0 Å². The van der Waals surface area contributed by atoms with Crippen LogP contribution in [0.25, 0.3) is 0 Å². The van der Waals surface area contributed by atoms with Crippen LogP contribution in [0.5, 0.6) is 0 Å². The molecule has 7 nitrogen and oxygen atoms in total. The molecule has 0 radical (unpaired) electrons. The predicted molar refractivity (Wildman–Crippen MR) is 272 cm³/mol. The lowest BCUT2D eigenvalue weighted by atomic mass is 9.92. The molecule has 0 amide bonds. The second-order valence-corrected chi connectivity index (χ2v) is 19.7. The number of aliphatic hydroxyl groups excluding tert-OH is 2. The highest BCUT2D eigenvalue weighted by molar-refractivity contribution is 5.89. The van der Waals surface area contributed by atoms with Gasteiger partial charge in [-0.05, 0) is 44.9 Å². The van der Waals surface area contributed by atoms with Gasteiger partial charge in [-0.3, -0.25) is 14.4 Å². The van der Waals surface area contributed by atoms with Crippen molar-refractivity contribution in [1.29, 1.82) is 0 Å². The number of allylic oxidation sites excluding steroid dienone is 2. The topological polar surface area (TPSA) is 121 Å². The van der Waals surface area contributed by atoms with Crippen molar-refractivity contribution in [1.82, 2.24) is 0 Å². The molecule has 378 valence electrons. The molecule has 3 N–H and O–H groups in total. The summed E-state index contributed by atoms with van der Waals surface area (Å²) in [5, 5.41) is 33.8. The zero-order valence-corrected chi connectivity index (χ0v) is 42.8. The van der Waals surface area contributed by atoms with E-state index in [2.05, 4.69) is 32.9 Å². The van der Waals surface area contributed by atoms with Crippen molar-refractivity contribution in [2.24, 2.45) is 0 Å². The number of esters is 1. The number of rotatable bonds is 52. The van der Waals surface area contributed by atoms with E-state index in [1.807, 2.05) is 0 Å². The minimum Gasteiger partial charge on any atom is -0.426 e. The number of carbonyl (C=O) groups excluding carboxylic acids is 3. The number of aliphatic hydroxyl groups is 3. The Morgan fingerprint density at radius 2 is 0.578 bits per heavy atom. The molecule has 0 saturated carbocycles. The standard InChI is InChI=1S/C57H108O7/c1-4-7-10-13-16-19-22-25-28-31-34-37-40-43-46-49-52(58)55(61)57(63,64-54(60)51-48-45-42-39-36-33-30-27-24-21-18-15-12-9-6-3)56(62)53(59)50-47-44-41-38-35-32-29-26-23-20-17-14-11-8-5-2/h27,30,55-56,61-63H,4-26,28-29,31-51H2,1-3H3/b30-27-. The Bertz CT molecular complexity index is 1000. The molecule has 64 heavy (non-hydrogen) atoms. The van der Waals surface area contributed by atoms with E-state index in [0.717, 1.165) is 77.0 Å². The Labute approximate surface area is 396 Å². The molecule has 2 unspecified atom stereocenters. The van der Waals surface area contributed by atoms with Gasteiger partial charge in [-0.15, -0.1) is 0 Å². The van der Waals surface area contributed by atoms with Crippen molar-refractivity contribution in [3.05, 3.63) is 12.2 Å². The molecule has 0 bridgehead atoms. The Hall–Kier alpha value is -1.57. The van der Waals surface area contributed by atoms with Crippen molar-refractivity contribution in [2.45, 2.75) is 334 Å². The number of unbranched alkanes of at least 4 members (excludes halogenated alkanes) is 39. The van der Waals surface area contributed by atoms with Gasteiger partial charge in [0.05, 0.1) is 0 Å². The van der Waals surface area contributed by atoms with Crippen LogP contribution >= 0.6 is 0 Å². The molecule has 0 aromatic carbocycles. The van der Waals surface area contributed by atoms with Gasteiger partial charge in [-0.1, -0.05) is 264 Å². The molecule has 0 aromatic heterocycles. The number of ether oxygens (including phenoxy) is 1. The van der Waals surface area contributed by atoms with Gasteiger partial charge in [0.15, 0.2) is 23.8 Å². The molecule has 0 saturated heterocycles. The Morgan fingerprint density at radius 1 is 0.359 bits per heavy atom. The van der Waals surface area contributed by atoms with Crippen LogP contribution in [-0.2, 0) is 19.1 Å². The first-order valence-electron chi connectivity index (χ1n) is 28.2. The zero-order valence-electron chi connectivity index (χ0n) is 42.8. The van der Waals surface area contributed by atoms with Crippen LogP contribution in [0.4, 0.5) is 0 Å². The van der Waals surface area contributed by atoms with Crippen molar-refractivity contribution < 1.29 is 34.4 Å². The lowest BCUT2D eigenvalue weighted by molar-refractivity contribution is -0.274. The van der Waals surface area contributed by atoms with E-state index in [9.17, 15) is 29.7 Å². The van der Waals surface area contributed by atoms with Crippen molar-refractivity contribution >= 4 is 17.5 Å². The number of hydrogen-bond donors (Lipinski definition) is 3. The Morgan fingerprint density at radius 3 is 0.844 bits per heavy atom. The summed E-state index contributed by atoms with van der Waals surface area (Å²) in [5.74, 6) is -5.26. The van der Waals surface area contributed by atoms with Gasteiger partial charge in [0.2, 0.25) is 0 Å². The summed E-state index contributed by atoms with van der Waals surface area (Å²) >= 11 is 0. The average molecular weight is 905 g/mol. The smallest absolute Gasteiger partial charge is 0.308 e. The molecule has 2 atom stereocenters. The number of hydrogen-bond acceptors (Lipinski definition) is 7. The third kappa shape index (κ3) is 38.5. The largest absolute Gasteiger partial charge is 0.426 e. The maximum absolute atomic E-state index is 13.2. The van der Waals surface area contributed by atoms with Gasteiger partial charge >= 0.3 is 5.97 Å². The molecule has 0 rings (SSSR count). The van der Waals surface area contributed by atoms with Gasteiger partial charge < -0.3 is 20.1 Å². The van der Waals surface area contributed by atoms with E-state index in [-0.39, 0.29) is 19.3 Å². The average Bonchev–Trinajstić information content (AvgIpc) is 3.29. The maximum Gasteiger partial charge on any atom is 0.308 e. The van der Waals surface area contributed by atoms with E-state index in [1.165, 1.54) is 180 Å². The lowest BCUT2D eigenvalue weighted by Crippen LogP contribution is -2.60. The van der Waals surface area contributed by atoms with E-state index in [4.69, 9.17) is 4.74 Å². The second-order valence-electron chi connectivity index (χ2n) is 19.7. The normalized spacial score (nSPS) is 13.7. The van der Waals surface area contributed by atoms with Gasteiger partial charge in [0.25, 0.3) is 5.79 Å².